The largest absolute Gasteiger partial charge is 0.339 e. The predicted molar refractivity (Wildman–Crippen MR) is 63.2 cm³/mol. The van der Waals surface area contributed by atoms with Crippen molar-refractivity contribution in [3.05, 3.63) is 24.3 Å². The minimum atomic E-state index is -0.523. The van der Waals surface area contributed by atoms with E-state index in [0.29, 0.717) is 6.42 Å². The van der Waals surface area contributed by atoms with E-state index in [4.69, 9.17) is 5.73 Å². The summed E-state index contributed by atoms with van der Waals surface area (Å²) in [6.45, 7) is 3.13. The van der Waals surface area contributed by atoms with E-state index < -0.39 is 6.04 Å². The first-order valence-corrected chi connectivity index (χ1v) is 5.77. The predicted octanol–water partition coefficient (Wildman–Crippen LogP) is -1.22. The summed E-state index contributed by atoms with van der Waals surface area (Å²) in [7, 11) is 0. The van der Waals surface area contributed by atoms with E-state index >= 15 is 0 Å². The van der Waals surface area contributed by atoms with Crippen molar-refractivity contribution in [1.29, 1.82) is 0 Å². The van der Waals surface area contributed by atoms with Gasteiger partial charge in [-0.2, -0.15) is 0 Å². The summed E-state index contributed by atoms with van der Waals surface area (Å²) in [6.07, 6.45) is 5.30. The Labute approximate surface area is 100 Å². The van der Waals surface area contributed by atoms with Crippen LogP contribution < -0.4 is 11.1 Å². The van der Waals surface area contributed by atoms with E-state index in [-0.39, 0.29) is 5.91 Å². The Morgan fingerprint density at radius 2 is 2.24 bits per heavy atom. The molecule has 2 heterocycles. The van der Waals surface area contributed by atoms with Crippen LogP contribution in [-0.2, 0) is 11.2 Å². The number of hydrogen-bond donors (Lipinski definition) is 2. The Kier molecular flexibility index (Phi) is 4.00. The molecule has 0 aliphatic carbocycles. The van der Waals surface area contributed by atoms with Gasteiger partial charge in [0.15, 0.2) is 0 Å². The third-order valence-corrected chi connectivity index (χ3v) is 2.79. The first-order chi connectivity index (χ1) is 8.27. The highest BCUT2D eigenvalue weighted by atomic mass is 16.2. The quantitative estimate of drug-likeness (QED) is 0.686. The Hall–Kier alpha value is -1.53. The molecule has 1 saturated heterocycles. The number of aromatic nitrogens is 2. The van der Waals surface area contributed by atoms with Gasteiger partial charge in [-0.25, -0.2) is 0 Å². The van der Waals surface area contributed by atoms with Crippen molar-refractivity contribution in [3.63, 3.8) is 0 Å². The number of hydrogen-bond acceptors (Lipinski definition) is 5. The number of nitrogens with zero attached hydrogens (tertiary/aromatic N) is 3. The monoisotopic (exact) mass is 235 g/mol. The van der Waals surface area contributed by atoms with Crippen molar-refractivity contribution in [1.82, 2.24) is 20.2 Å². The maximum atomic E-state index is 12.0. The lowest BCUT2D eigenvalue weighted by atomic mass is 10.1. The molecule has 1 amide bonds. The molecule has 1 aliphatic rings. The van der Waals surface area contributed by atoms with Gasteiger partial charge in [0.2, 0.25) is 5.91 Å². The highest BCUT2D eigenvalue weighted by molar-refractivity contribution is 5.82. The number of carbonyl (C=O) groups is 1. The molecule has 0 aromatic carbocycles. The number of nitrogens with one attached hydrogen (secondary N) is 1. The molecule has 1 aliphatic heterocycles. The van der Waals surface area contributed by atoms with Crippen LogP contribution in [0.15, 0.2) is 18.6 Å². The van der Waals surface area contributed by atoms with Gasteiger partial charge in [0, 0.05) is 51.2 Å². The lowest BCUT2D eigenvalue weighted by Crippen LogP contribution is -2.52. The van der Waals surface area contributed by atoms with E-state index in [2.05, 4.69) is 15.3 Å². The lowest BCUT2D eigenvalue weighted by Gasteiger charge is -2.29. The van der Waals surface area contributed by atoms with Crippen molar-refractivity contribution in [2.75, 3.05) is 26.2 Å². The highest BCUT2D eigenvalue weighted by Crippen LogP contribution is 2.01. The fourth-order valence-corrected chi connectivity index (χ4v) is 1.87. The molecule has 92 valence electrons. The van der Waals surface area contributed by atoms with E-state index in [0.717, 1.165) is 31.9 Å². The number of amides is 1. The number of rotatable bonds is 3. The fourth-order valence-electron chi connectivity index (χ4n) is 1.87. The molecule has 1 atom stereocenters. The molecule has 0 bridgehead atoms. The summed E-state index contributed by atoms with van der Waals surface area (Å²) in [5.74, 6) is -0.00264. The van der Waals surface area contributed by atoms with Gasteiger partial charge in [0.25, 0.3) is 0 Å². The van der Waals surface area contributed by atoms with Crippen LogP contribution >= 0.6 is 0 Å². The zero-order valence-electron chi connectivity index (χ0n) is 9.67. The van der Waals surface area contributed by atoms with Crippen LogP contribution in [0.2, 0.25) is 0 Å². The molecule has 2 rings (SSSR count). The Bertz CT molecular complexity index is 363. The maximum Gasteiger partial charge on any atom is 0.239 e. The van der Waals surface area contributed by atoms with Crippen LogP contribution in [0.1, 0.15) is 5.69 Å². The highest BCUT2D eigenvalue weighted by Gasteiger charge is 2.22. The first kappa shape index (κ1) is 11.9. The molecule has 1 unspecified atom stereocenters. The van der Waals surface area contributed by atoms with Gasteiger partial charge >= 0.3 is 0 Å². The minimum Gasteiger partial charge on any atom is -0.339 e. The smallest absolute Gasteiger partial charge is 0.239 e. The van der Waals surface area contributed by atoms with Crippen LogP contribution in [0, 0.1) is 0 Å². The van der Waals surface area contributed by atoms with Crippen LogP contribution in [0.25, 0.3) is 0 Å². The number of nitrogens with two attached hydrogens (primary N) is 1. The zero-order chi connectivity index (χ0) is 12.1. The lowest BCUT2D eigenvalue weighted by molar-refractivity contribution is -0.133. The molecule has 6 heteroatoms. The molecular weight excluding hydrogens is 218 g/mol. The first-order valence-electron chi connectivity index (χ1n) is 5.77. The second-order valence-electron chi connectivity index (χ2n) is 4.08. The second kappa shape index (κ2) is 5.70. The van der Waals surface area contributed by atoms with E-state index in [9.17, 15) is 4.79 Å². The van der Waals surface area contributed by atoms with Gasteiger partial charge in [0.05, 0.1) is 11.7 Å². The average Bonchev–Trinajstić information content (AvgIpc) is 2.40. The third kappa shape index (κ3) is 3.21. The van der Waals surface area contributed by atoms with Crippen LogP contribution in [0.4, 0.5) is 0 Å². The average molecular weight is 235 g/mol. The SMILES string of the molecule is NC(Cc1cnccn1)C(=O)N1CCNCC1. The third-order valence-electron chi connectivity index (χ3n) is 2.79. The summed E-state index contributed by atoms with van der Waals surface area (Å²) in [5, 5.41) is 3.20. The van der Waals surface area contributed by atoms with Crippen molar-refractivity contribution < 1.29 is 4.79 Å². The second-order valence-corrected chi connectivity index (χ2v) is 4.08. The van der Waals surface area contributed by atoms with Crippen molar-refractivity contribution in [3.8, 4) is 0 Å². The summed E-state index contributed by atoms with van der Waals surface area (Å²) in [4.78, 5) is 21.9. The molecule has 1 fully saturated rings. The van der Waals surface area contributed by atoms with Gasteiger partial charge < -0.3 is 16.0 Å². The molecule has 0 saturated carbocycles. The Balaban J connectivity index is 1.90. The van der Waals surface area contributed by atoms with Crippen LogP contribution in [-0.4, -0.2) is 53.0 Å². The van der Waals surface area contributed by atoms with E-state index in [1.165, 1.54) is 0 Å². The van der Waals surface area contributed by atoms with Crippen molar-refractivity contribution in [2.45, 2.75) is 12.5 Å². The Morgan fingerprint density at radius 1 is 1.47 bits per heavy atom. The molecule has 6 nitrogen and oxygen atoms in total. The summed E-state index contributed by atoms with van der Waals surface area (Å²) in [6, 6.07) is -0.523. The summed E-state index contributed by atoms with van der Waals surface area (Å²) in [5.41, 5.74) is 6.65. The number of piperazine rings is 1. The minimum absolute atomic E-state index is 0.00264. The molecule has 17 heavy (non-hydrogen) atoms. The van der Waals surface area contributed by atoms with Crippen molar-refractivity contribution >= 4 is 5.91 Å². The topological polar surface area (TPSA) is 84.1 Å². The molecule has 1 aromatic heterocycles. The molecule has 0 spiro atoms. The van der Waals surface area contributed by atoms with Gasteiger partial charge in [0.1, 0.15) is 0 Å². The van der Waals surface area contributed by atoms with Gasteiger partial charge in [-0.3, -0.25) is 14.8 Å². The normalized spacial score (nSPS) is 17.8. The van der Waals surface area contributed by atoms with Gasteiger partial charge in [-0.15, -0.1) is 0 Å². The Morgan fingerprint density at radius 3 is 2.88 bits per heavy atom. The van der Waals surface area contributed by atoms with Crippen molar-refractivity contribution in [2.24, 2.45) is 5.73 Å². The molecular formula is C11H17N5O. The standard InChI is InChI=1S/C11H17N5O/c12-10(7-9-8-14-1-2-15-9)11(17)16-5-3-13-4-6-16/h1-2,8,10,13H,3-7,12H2. The number of carbonyl (C=O) groups excluding carboxylic acids is 1. The van der Waals surface area contributed by atoms with Gasteiger partial charge in [-0.05, 0) is 0 Å². The van der Waals surface area contributed by atoms with Crippen LogP contribution in [0.3, 0.4) is 0 Å². The van der Waals surface area contributed by atoms with E-state index in [1.807, 2.05) is 0 Å². The molecule has 3 N–H and O–H groups in total. The maximum absolute atomic E-state index is 12.0. The summed E-state index contributed by atoms with van der Waals surface area (Å²) < 4.78 is 0. The summed E-state index contributed by atoms with van der Waals surface area (Å²) >= 11 is 0. The fraction of sp³-hybridized carbons (Fsp3) is 0.545. The zero-order valence-corrected chi connectivity index (χ0v) is 9.67. The molecule has 0 radical (unpaired) electrons. The molecule has 1 aromatic rings. The van der Waals surface area contributed by atoms with E-state index in [1.54, 1.807) is 23.5 Å². The van der Waals surface area contributed by atoms with Crippen LogP contribution in [0.5, 0.6) is 0 Å². The van der Waals surface area contributed by atoms with Gasteiger partial charge in [-0.1, -0.05) is 0 Å².